The number of hydrogen-bond donors (Lipinski definition) is 2. The molecule has 6 heteroatoms. The van der Waals surface area contributed by atoms with E-state index in [-0.39, 0.29) is 30.0 Å². The molecule has 0 spiro atoms. The number of anilines is 1. The number of aryl methyl sites for hydroxylation is 1. The van der Waals surface area contributed by atoms with Crippen molar-refractivity contribution in [2.45, 2.75) is 38.8 Å². The van der Waals surface area contributed by atoms with Crippen molar-refractivity contribution in [3.63, 3.8) is 0 Å². The van der Waals surface area contributed by atoms with Crippen LogP contribution >= 0.6 is 28.3 Å². The van der Waals surface area contributed by atoms with Gasteiger partial charge in [0.15, 0.2) is 0 Å². The molecule has 0 aromatic heterocycles. The molecule has 0 saturated carbocycles. The van der Waals surface area contributed by atoms with Gasteiger partial charge in [0.05, 0.1) is 11.6 Å². The molecule has 1 atom stereocenters. The van der Waals surface area contributed by atoms with Crippen LogP contribution in [0.15, 0.2) is 40.9 Å². The predicted octanol–water partition coefficient (Wildman–Crippen LogP) is 4.79. The van der Waals surface area contributed by atoms with Crippen LogP contribution in [0.3, 0.4) is 0 Å². The van der Waals surface area contributed by atoms with Gasteiger partial charge in [0, 0.05) is 22.1 Å². The Balaban J connectivity index is 0.00000225. The highest BCUT2D eigenvalue weighted by Crippen LogP contribution is 2.40. The maximum Gasteiger partial charge on any atom is 0.252 e. The first-order valence-corrected chi connectivity index (χ1v) is 8.70. The molecule has 0 fully saturated rings. The average molecular weight is 426 g/mol. The number of nitrogens with two attached hydrogens (primary N) is 1. The number of ether oxygens (including phenoxy) is 1. The van der Waals surface area contributed by atoms with Gasteiger partial charge in [-0.1, -0.05) is 6.07 Å². The fourth-order valence-corrected chi connectivity index (χ4v) is 3.72. The lowest BCUT2D eigenvalue weighted by Gasteiger charge is -2.38. The monoisotopic (exact) mass is 424 g/mol. The van der Waals surface area contributed by atoms with Crippen molar-refractivity contribution in [3.05, 3.63) is 57.6 Å². The van der Waals surface area contributed by atoms with E-state index in [1.807, 2.05) is 57.2 Å². The number of hydrogen-bond acceptors (Lipinski definition) is 3. The third kappa shape index (κ3) is 4.28. The van der Waals surface area contributed by atoms with Crippen LogP contribution in [0, 0.1) is 6.92 Å². The Morgan fingerprint density at radius 1 is 1.28 bits per heavy atom. The number of halogens is 2. The smallest absolute Gasteiger partial charge is 0.252 e. The van der Waals surface area contributed by atoms with E-state index in [1.165, 1.54) is 0 Å². The molecule has 2 aromatic rings. The first kappa shape index (κ1) is 19.6. The quantitative estimate of drug-likeness (QED) is 0.680. The van der Waals surface area contributed by atoms with Crippen LogP contribution in [0.1, 0.15) is 47.8 Å². The van der Waals surface area contributed by atoms with Gasteiger partial charge < -0.3 is 15.8 Å². The summed E-state index contributed by atoms with van der Waals surface area (Å²) in [4.78, 5) is 12.7. The molecule has 3 N–H and O–H groups in total. The first-order chi connectivity index (χ1) is 11.2. The van der Waals surface area contributed by atoms with Gasteiger partial charge in [0.2, 0.25) is 0 Å². The van der Waals surface area contributed by atoms with Crippen LogP contribution < -0.4 is 15.8 Å². The van der Waals surface area contributed by atoms with Crippen molar-refractivity contribution in [2.75, 3.05) is 5.73 Å². The van der Waals surface area contributed by atoms with Gasteiger partial charge in [0.25, 0.3) is 5.91 Å². The molecule has 1 amide bonds. The van der Waals surface area contributed by atoms with Gasteiger partial charge in [-0.2, -0.15) is 0 Å². The number of carbonyl (C=O) groups is 1. The second-order valence-corrected chi connectivity index (χ2v) is 7.73. The van der Waals surface area contributed by atoms with Gasteiger partial charge in [-0.25, -0.2) is 0 Å². The summed E-state index contributed by atoms with van der Waals surface area (Å²) in [7, 11) is 0. The van der Waals surface area contributed by atoms with E-state index in [9.17, 15) is 4.79 Å². The molecule has 0 bridgehead atoms. The van der Waals surface area contributed by atoms with E-state index in [4.69, 9.17) is 10.5 Å². The van der Waals surface area contributed by atoms with Crippen LogP contribution in [0.4, 0.5) is 5.69 Å². The van der Waals surface area contributed by atoms with Gasteiger partial charge in [-0.3, -0.25) is 4.79 Å². The minimum absolute atomic E-state index is 0. The highest BCUT2D eigenvalue weighted by Gasteiger charge is 2.35. The molecule has 0 saturated heterocycles. The molecule has 2 aromatic carbocycles. The lowest BCUT2D eigenvalue weighted by atomic mass is 9.89. The molecular weight excluding hydrogens is 404 g/mol. The third-order valence-electron chi connectivity index (χ3n) is 4.17. The molecule has 3 rings (SSSR count). The van der Waals surface area contributed by atoms with Crippen molar-refractivity contribution in [1.29, 1.82) is 0 Å². The summed E-state index contributed by atoms with van der Waals surface area (Å²) in [6.45, 7) is 6.03. The zero-order valence-corrected chi connectivity index (χ0v) is 16.8. The van der Waals surface area contributed by atoms with Crippen molar-refractivity contribution >= 4 is 39.9 Å². The Kier molecular flexibility index (Phi) is 5.69. The lowest BCUT2D eigenvalue weighted by molar-refractivity contribution is 0.0620. The Labute approximate surface area is 162 Å². The summed E-state index contributed by atoms with van der Waals surface area (Å²) in [5, 5.41) is 3.13. The molecule has 1 aliphatic heterocycles. The molecule has 25 heavy (non-hydrogen) atoms. The number of carbonyl (C=O) groups excluding carboxylic acids is 1. The minimum atomic E-state index is -0.356. The Bertz CT molecular complexity index is 808. The predicted molar refractivity (Wildman–Crippen MR) is 107 cm³/mol. The average Bonchev–Trinajstić information content (AvgIpc) is 2.47. The maximum atomic E-state index is 12.7. The third-order valence-corrected chi connectivity index (χ3v) is 4.82. The zero-order chi connectivity index (χ0) is 17.5. The van der Waals surface area contributed by atoms with Gasteiger partial charge in [0.1, 0.15) is 11.4 Å². The van der Waals surface area contributed by atoms with Crippen LogP contribution in [0.5, 0.6) is 5.75 Å². The van der Waals surface area contributed by atoms with Crippen molar-refractivity contribution in [3.8, 4) is 5.75 Å². The lowest BCUT2D eigenvalue weighted by Crippen LogP contribution is -2.41. The number of nitrogens with one attached hydrogen (secondary N) is 1. The second-order valence-electron chi connectivity index (χ2n) is 6.87. The number of nitrogen functional groups attached to an aromatic ring is 1. The van der Waals surface area contributed by atoms with E-state index in [1.54, 1.807) is 0 Å². The highest BCUT2D eigenvalue weighted by molar-refractivity contribution is 9.10. The van der Waals surface area contributed by atoms with E-state index in [0.29, 0.717) is 17.7 Å². The van der Waals surface area contributed by atoms with Crippen molar-refractivity contribution in [2.24, 2.45) is 0 Å². The summed E-state index contributed by atoms with van der Waals surface area (Å²) in [6.07, 6.45) is 0.679. The largest absolute Gasteiger partial charge is 0.487 e. The Morgan fingerprint density at radius 3 is 2.68 bits per heavy atom. The molecule has 0 radical (unpaired) electrons. The highest BCUT2D eigenvalue weighted by atomic mass is 79.9. The van der Waals surface area contributed by atoms with E-state index in [2.05, 4.69) is 21.2 Å². The zero-order valence-electron chi connectivity index (χ0n) is 14.4. The summed E-state index contributed by atoms with van der Waals surface area (Å²) in [5.41, 5.74) is 8.87. The summed E-state index contributed by atoms with van der Waals surface area (Å²) < 4.78 is 6.81. The number of fused-ring (bicyclic) bond motifs is 1. The molecule has 134 valence electrons. The molecule has 1 heterocycles. The number of amides is 1. The van der Waals surface area contributed by atoms with Crippen LogP contribution in [-0.4, -0.2) is 11.5 Å². The van der Waals surface area contributed by atoms with E-state index >= 15 is 0 Å². The Hall–Kier alpha value is -1.72. The van der Waals surface area contributed by atoms with E-state index < -0.39 is 0 Å². The van der Waals surface area contributed by atoms with Gasteiger partial charge in [-0.05, 0) is 72.6 Å². The number of benzene rings is 2. The van der Waals surface area contributed by atoms with Crippen LogP contribution in [-0.2, 0) is 0 Å². The fraction of sp³-hybridized carbons (Fsp3) is 0.316. The minimum Gasteiger partial charge on any atom is -0.487 e. The molecular formula is C19H22BrClN2O2. The second kappa shape index (κ2) is 7.26. The van der Waals surface area contributed by atoms with Crippen molar-refractivity contribution in [1.82, 2.24) is 5.32 Å². The van der Waals surface area contributed by atoms with Crippen LogP contribution in [0.25, 0.3) is 0 Å². The molecule has 0 aliphatic carbocycles. The summed E-state index contributed by atoms with van der Waals surface area (Å²) in [6, 6.07) is 11.1. The molecule has 4 nitrogen and oxygen atoms in total. The standard InChI is InChI=1S/C19H21BrN2O2.ClH/c1-11-4-6-13(15(20)8-11)18(23)22-16-10-19(2,3)24-17-7-5-12(21)9-14(16)17;/h4-9,16H,10,21H2,1-3H3,(H,22,23);1H. The number of rotatable bonds is 2. The first-order valence-electron chi connectivity index (χ1n) is 7.91. The SMILES string of the molecule is Cc1ccc(C(=O)NC2CC(C)(C)Oc3ccc(N)cc32)c(Br)c1.Cl. The van der Waals surface area contributed by atoms with Gasteiger partial charge >= 0.3 is 0 Å². The summed E-state index contributed by atoms with van der Waals surface area (Å²) >= 11 is 3.47. The Morgan fingerprint density at radius 2 is 2.00 bits per heavy atom. The van der Waals surface area contributed by atoms with Crippen LogP contribution in [0.2, 0.25) is 0 Å². The van der Waals surface area contributed by atoms with Gasteiger partial charge in [-0.15, -0.1) is 12.4 Å². The van der Waals surface area contributed by atoms with Crippen molar-refractivity contribution < 1.29 is 9.53 Å². The topological polar surface area (TPSA) is 64.3 Å². The molecule has 1 aliphatic rings. The van der Waals surface area contributed by atoms with E-state index in [0.717, 1.165) is 21.3 Å². The molecule has 1 unspecified atom stereocenters. The summed E-state index contributed by atoms with van der Waals surface area (Å²) in [5.74, 6) is 0.659. The maximum absolute atomic E-state index is 12.7. The fourth-order valence-electron chi connectivity index (χ4n) is 3.04. The normalized spacial score (nSPS) is 17.7.